The molecule has 1 aromatic heterocycles. The quantitative estimate of drug-likeness (QED) is 0.449. The van der Waals surface area contributed by atoms with Gasteiger partial charge in [-0.1, -0.05) is 26.8 Å². The smallest absolute Gasteiger partial charge is 0.245 e. The molecule has 0 amide bonds. The summed E-state index contributed by atoms with van der Waals surface area (Å²) >= 11 is 1.47. The van der Waals surface area contributed by atoms with Gasteiger partial charge in [-0.15, -0.1) is 16.9 Å². The van der Waals surface area contributed by atoms with Crippen LogP contribution in [-0.4, -0.2) is 13.9 Å². The van der Waals surface area contributed by atoms with Crippen LogP contribution in [0.2, 0.25) is 18.1 Å². The summed E-state index contributed by atoms with van der Waals surface area (Å²) in [7, 11) is -1.47. The van der Waals surface area contributed by atoms with E-state index >= 15 is 0 Å². The number of hydrogen-bond acceptors (Lipinski definition) is 2. The molecular weight excluding hydrogens is 232 g/mol. The summed E-state index contributed by atoms with van der Waals surface area (Å²) in [6.45, 7) is 6.59. The molecule has 0 saturated carbocycles. The van der Waals surface area contributed by atoms with Gasteiger partial charge >= 0.3 is 0 Å². The van der Waals surface area contributed by atoms with Gasteiger partial charge in [0.05, 0.1) is 4.88 Å². The molecule has 1 aromatic rings. The molecule has 0 radical (unpaired) electrons. The third-order valence-electron chi connectivity index (χ3n) is 3.22. The van der Waals surface area contributed by atoms with Crippen molar-refractivity contribution in [2.45, 2.75) is 38.9 Å². The van der Waals surface area contributed by atoms with Crippen LogP contribution >= 0.6 is 11.3 Å². The lowest BCUT2D eigenvalue weighted by molar-refractivity contribution is 0.106. The van der Waals surface area contributed by atoms with E-state index in [2.05, 4.69) is 32.2 Å². The van der Waals surface area contributed by atoms with Crippen molar-refractivity contribution < 1.29 is 4.79 Å². The second-order valence-corrected chi connectivity index (χ2v) is 9.78. The summed E-state index contributed by atoms with van der Waals surface area (Å²) in [5.41, 5.74) is 3.32. The number of thiophene rings is 1. The summed E-state index contributed by atoms with van der Waals surface area (Å²) < 4.78 is 0. The van der Waals surface area contributed by atoms with Crippen LogP contribution in [0.1, 0.15) is 30.4 Å². The second-order valence-electron chi connectivity index (χ2n) is 3.90. The highest BCUT2D eigenvalue weighted by Crippen LogP contribution is 2.19. The largest absolute Gasteiger partial charge is 0.278 e. The molecule has 1 rings (SSSR count). The highest BCUT2D eigenvalue weighted by Gasteiger charge is 2.24. The summed E-state index contributed by atoms with van der Waals surface area (Å²) in [5, 5.41) is 1.92. The molecule has 0 saturated heterocycles. The van der Waals surface area contributed by atoms with Crippen molar-refractivity contribution in [3.8, 4) is 11.5 Å². The van der Waals surface area contributed by atoms with Crippen LogP contribution in [0, 0.1) is 11.5 Å². The van der Waals surface area contributed by atoms with Crippen LogP contribution in [-0.2, 0) is 0 Å². The molecule has 16 heavy (non-hydrogen) atoms. The summed E-state index contributed by atoms with van der Waals surface area (Å²) in [4.78, 5) is 12.5. The van der Waals surface area contributed by atoms with Crippen molar-refractivity contribution >= 4 is 25.2 Å². The maximum atomic E-state index is 11.8. The Labute approximate surface area is 103 Å². The van der Waals surface area contributed by atoms with Gasteiger partial charge in [0.15, 0.2) is 0 Å². The minimum Gasteiger partial charge on any atom is -0.278 e. The van der Waals surface area contributed by atoms with Gasteiger partial charge in [0.25, 0.3) is 0 Å². The van der Waals surface area contributed by atoms with E-state index in [9.17, 15) is 4.79 Å². The zero-order valence-electron chi connectivity index (χ0n) is 10.2. The predicted octanol–water partition coefficient (Wildman–Crippen LogP) is 3.98. The second kappa shape index (κ2) is 6.02. The number of ketones is 1. The molecule has 0 spiro atoms. The lowest BCUT2D eigenvalue weighted by Gasteiger charge is -2.19. The van der Waals surface area contributed by atoms with E-state index in [1.807, 2.05) is 17.5 Å². The minimum atomic E-state index is -1.47. The normalized spacial score (nSPS) is 10.7. The molecule has 0 aliphatic carbocycles. The maximum absolute atomic E-state index is 11.8. The van der Waals surface area contributed by atoms with Gasteiger partial charge in [-0.2, -0.15) is 0 Å². The Morgan fingerprint density at radius 3 is 2.38 bits per heavy atom. The van der Waals surface area contributed by atoms with Gasteiger partial charge in [-0.3, -0.25) is 4.79 Å². The first-order chi connectivity index (χ1) is 7.67. The fourth-order valence-electron chi connectivity index (χ4n) is 1.67. The van der Waals surface area contributed by atoms with Crippen LogP contribution in [0.4, 0.5) is 0 Å². The lowest BCUT2D eigenvalue weighted by atomic mass is 10.3. The molecular formula is C13H18OSSi. The Morgan fingerprint density at radius 2 is 1.94 bits per heavy atom. The zero-order chi connectivity index (χ0) is 12.0. The van der Waals surface area contributed by atoms with Gasteiger partial charge in [0.2, 0.25) is 5.78 Å². The molecule has 0 aliphatic heterocycles. The molecule has 0 N–H and O–H groups in total. The molecule has 0 atom stereocenters. The van der Waals surface area contributed by atoms with Crippen molar-refractivity contribution in [2.24, 2.45) is 0 Å². The molecule has 0 fully saturated rings. The van der Waals surface area contributed by atoms with E-state index < -0.39 is 8.07 Å². The first kappa shape index (κ1) is 13.2. The van der Waals surface area contributed by atoms with Crippen molar-refractivity contribution in [2.75, 3.05) is 0 Å². The van der Waals surface area contributed by atoms with Gasteiger partial charge in [-0.25, -0.2) is 0 Å². The van der Waals surface area contributed by atoms with Crippen LogP contribution < -0.4 is 0 Å². The summed E-state index contributed by atoms with van der Waals surface area (Å²) in [5.74, 6) is 2.85. The third-order valence-corrected chi connectivity index (χ3v) is 8.80. The van der Waals surface area contributed by atoms with E-state index in [1.54, 1.807) is 0 Å². The molecule has 1 nitrogen and oxygen atoms in total. The molecule has 0 bridgehead atoms. The van der Waals surface area contributed by atoms with Crippen molar-refractivity contribution in [1.29, 1.82) is 0 Å². The average molecular weight is 250 g/mol. The Balaban J connectivity index is 2.84. The fourth-order valence-corrected chi connectivity index (χ4v) is 4.70. The van der Waals surface area contributed by atoms with E-state index in [-0.39, 0.29) is 5.78 Å². The number of carbonyl (C=O) groups is 1. The summed E-state index contributed by atoms with van der Waals surface area (Å²) in [6, 6.07) is 7.17. The van der Waals surface area contributed by atoms with Crippen molar-refractivity contribution in [3.05, 3.63) is 22.4 Å². The number of Topliss-reactive ketones (excluding diaryl/α,β-unsaturated/α-hetero) is 1. The Hall–Kier alpha value is -0.853. The fraction of sp³-hybridized carbons (Fsp3) is 0.462. The van der Waals surface area contributed by atoms with Crippen molar-refractivity contribution in [1.82, 2.24) is 0 Å². The molecule has 1 heterocycles. The van der Waals surface area contributed by atoms with E-state index in [4.69, 9.17) is 0 Å². The molecule has 3 heteroatoms. The predicted molar refractivity (Wildman–Crippen MR) is 73.6 cm³/mol. The van der Waals surface area contributed by atoms with Crippen LogP contribution in [0.3, 0.4) is 0 Å². The first-order valence-electron chi connectivity index (χ1n) is 5.78. The number of rotatable bonds is 4. The van der Waals surface area contributed by atoms with E-state index in [0.29, 0.717) is 0 Å². The molecule has 86 valence electrons. The minimum absolute atomic E-state index is 0.0118. The molecule has 0 aliphatic rings. The van der Waals surface area contributed by atoms with Gasteiger partial charge < -0.3 is 0 Å². The summed E-state index contributed by atoms with van der Waals surface area (Å²) in [6.07, 6.45) is 0. The topological polar surface area (TPSA) is 17.1 Å². The van der Waals surface area contributed by atoms with E-state index in [1.165, 1.54) is 11.3 Å². The van der Waals surface area contributed by atoms with Gasteiger partial charge in [0, 0.05) is 0 Å². The standard InChI is InChI=1S/C13H18OSSi/c1-4-16(5-2,6-3)11-9-12(14)13-8-7-10-15-13/h7-8,10H,4-6H2,1-3H3. The van der Waals surface area contributed by atoms with Crippen LogP contribution in [0.15, 0.2) is 17.5 Å². The third kappa shape index (κ3) is 3.07. The van der Waals surface area contributed by atoms with Crippen molar-refractivity contribution in [3.63, 3.8) is 0 Å². The lowest BCUT2D eigenvalue weighted by Crippen LogP contribution is -2.29. The van der Waals surface area contributed by atoms with Gasteiger partial charge in [0.1, 0.15) is 8.07 Å². The molecule has 0 unspecified atom stereocenters. The molecule has 0 aromatic carbocycles. The maximum Gasteiger partial charge on any atom is 0.245 e. The highest BCUT2D eigenvalue weighted by atomic mass is 32.1. The van der Waals surface area contributed by atoms with Crippen LogP contribution in [0.25, 0.3) is 0 Å². The zero-order valence-corrected chi connectivity index (χ0v) is 12.0. The first-order valence-corrected chi connectivity index (χ1v) is 9.28. The Kier molecular flexibility index (Phi) is 4.97. The SMILES string of the molecule is CC[Si](C#CC(=O)c1cccs1)(CC)CC. The Morgan fingerprint density at radius 1 is 1.31 bits per heavy atom. The average Bonchev–Trinajstić information content (AvgIpc) is 2.85. The number of hydrogen-bond donors (Lipinski definition) is 0. The Bertz CT molecular complexity index is 385. The monoisotopic (exact) mass is 250 g/mol. The van der Waals surface area contributed by atoms with Gasteiger partial charge in [-0.05, 0) is 35.5 Å². The van der Waals surface area contributed by atoms with E-state index in [0.717, 1.165) is 23.0 Å². The number of carbonyl (C=O) groups excluding carboxylic acids is 1. The van der Waals surface area contributed by atoms with Crippen LogP contribution in [0.5, 0.6) is 0 Å². The highest BCUT2D eigenvalue weighted by molar-refractivity contribution is 7.12.